The Balaban J connectivity index is 1.70. The summed E-state index contributed by atoms with van der Waals surface area (Å²) in [4.78, 5) is 30.1. The van der Waals surface area contributed by atoms with Crippen molar-refractivity contribution in [3.63, 3.8) is 0 Å². The molecular formula is C18H16N4OS3. The van der Waals surface area contributed by atoms with E-state index >= 15 is 0 Å². The van der Waals surface area contributed by atoms with E-state index in [-0.39, 0.29) is 5.56 Å². The lowest BCUT2D eigenvalue weighted by atomic mass is 10.2. The molecule has 5 rings (SSSR count). The third-order valence-corrected chi connectivity index (χ3v) is 7.67. The summed E-state index contributed by atoms with van der Waals surface area (Å²) in [6.07, 6.45) is 5.71. The van der Waals surface area contributed by atoms with E-state index in [9.17, 15) is 4.79 Å². The molecule has 1 aliphatic carbocycles. The summed E-state index contributed by atoms with van der Waals surface area (Å²) in [5.74, 6) is 0. The van der Waals surface area contributed by atoms with Crippen LogP contribution in [-0.2, 0) is 19.4 Å². The van der Waals surface area contributed by atoms with Crippen LogP contribution in [0.1, 0.15) is 30.2 Å². The van der Waals surface area contributed by atoms with Gasteiger partial charge in [-0.05, 0) is 54.5 Å². The summed E-state index contributed by atoms with van der Waals surface area (Å²) >= 11 is 4.76. The molecule has 4 aromatic rings. The van der Waals surface area contributed by atoms with Crippen molar-refractivity contribution in [2.45, 2.75) is 49.3 Å². The van der Waals surface area contributed by atoms with E-state index in [1.165, 1.54) is 22.2 Å². The van der Waals surface area contributed by atoms with Gasteiger partial charge in [0.1, 0.15) is 21.0 Å². The molecule has 0 saturated carbocycles. The van der Waals surface area contributed by atoms with E-state index in [0.717, 1.165) is 56.3 Å². The molecule has 4 heterocycles. The van der Waals surface area contributed by atoms with Crippen LogP contribution in [0.25, 0.3) is 20.4 Å². The molecule has 0 aliphatic heterocycles. The SMILES string of the molecule is CCCn1c(Sc2ncnc3sccc23)nc2sc3c(c2c1=O)CCC3. The first-order chi connectivity index (χ1) is 12.8. The van der Waals surface area contributed by atoms with Crippen LogP contribution in [0.4, 0.5) is 0 Å². The second-order valence-corrected chi connectivity index (χ2v) is 9.24. The Morgan fingerprint density at radius 1 is 1.27 bits per heavy atom. The molecule has 0 unspecified atom stereocenters. The fraction of sp³-hybridized carbons (Fsp3) is 0.333. The Hall–Kier alpha value is -1.77. The lowest BCUT2D eigenvalue weighted by molar-refractivity contribution is 0.585. The molecular weight excluding hydrogens is 384 g/mol. The van der Waals surface area contributed by atoms with Gasteiger partial charge in [-0.15, -0.1) is 22.7 Å². The molecule has 0 saturated heterocycles. The van der Waals surface area contributed by atoms with Crippen molar-refractivity contribution in [2.24, 2.45) is 0 Å². The summed E-state index contributed by atoms with van der Waals surface area (Å²) in [6, 6.07) is 2.03. The van der Waals surface area contributed by atoms with Crippen molar-refractivity contribution in [1.82, 2.24) is 19.5 Å². The minimum Gasteiger partial charge on any atom is -0.287 e. The number of fused-ring (bicyclic) bond motifs is 4. The molecule has 0 spiro atoms. The van der Waals surface area contributed by atoms with E-state index in [1.54, 1.807) is 29.0 Å². The zero-order valence-corrected chi connectivity index (χ0v) is 16.6. The van der Waals surface area contributed by atoms with Gasteiger partial charge in [-0.3, -0.25) is 9.36 Å². The minimum absolute atomic E-state index is 0.106. The van der Waals surface area contributed by atoms with Crippen LogP contribution in [0.5, 0.6) is 0 Å². The smallest absolute Gasteiger partial charge is 0.263 e. The standard InChI is InChI=1S/C18H16N4OS3/c1-2-7-22-17(23)13-10-4-3-5-12(10)25-16(13)21-18(22)26-15-11-6-8-24-14(11)19-9-20-15/h6,8-9H,2-5,7H2,1H3. The molecule has 0 radical (unpaired) electrons. The highest BCUT2D eigenvalue weighted by Gasteiger charge is 2.23. The predicted molar refractivity (Wildman–Crippen MR) is 108 cm³/mol. The zero-order chi connectivity index (χ0) is 17.7. The number of aromatic nitrogens is 4. The van der Waals surface area contributed by atoms with Crippen LogP contribution >= 0.6 is 34.4 Å². The Morgan fingerprint density at radius 2 is 2.19 bits per heavy atom. The monoisotopic (exact) mass is 400 g/mol. The fourth-order valence-corrected chi connectivity index (χ4v) is 6.57. The summed E-state index contributed by atoms with van der Waals surface area (Å²) in [7, 11) is 0. The maximum Gasteiger partial charge on any atom is 0.263 e. The van der Waals surface area contributed by atoms with Gasteiger partial charge in [0.15, 0.2) is 5.16 Å². The predicted octanol–water partition coefficient (Wildman–Crippen LogP) is 4.51. The number of hydrogen-bond donors (Lipinski definition) is 0. The Labute approximate surface area is 162 Å². The van der Waals surface area contributed by atoms with Crippen molar-refractivity contribution in [3.8, 4) is 0 Å². The van der Waals surface area contributed by atoms with Gasteiger partial charge < -0.3 is 0 Å². The van der Waals surface area contributed by atoms with E-state index < -0.39 is 0 Å². The van der Waals surface area contributed by atoms with Gasteiger partial charge in [0.2, 0.25) is 0 Å². The molecule has 0 bridgehead atoms. The highest BCUT2D eigenvalue weighted by molar-refractivity contribution is 7.99. The van der Waals surface area contributed by atoms with Crippen LogP contribution in [0.3, 0.4) is 0 Å². The quantitative estimate of drug-likeness (QED) is 0.372. The molecule has 0 amide bonds. The average Bonchev–Trinajstić information content (AvgIpc) is 3.33. The Kier molecular flexibility index (Phi) is 4.06. The summed E-state index contributed by atoms with van der Waals surface area (Å²) in [5.41, 5.74) is 1.35. The van der Waals surface area contributed by atoms with Crippen molar-refractivity contribution in [1.29, 1.82) is 0 Å². The van der Waals surface area contributed by atoms with E-state index in [1.807, 2.05) is 16.0 Å². The van der Waals surface area contributed by atoms with Crippen molar-refractivity contribution in [3.05, 3.63) is 38.6 Å². The summed E-state index contributed by atoms with van der Waals surface area (Å²) in [5, 5.41) is 5.48. The van der Waals surface area contributed by atoms with Crippen LogP contribution in [-0.4, -0.2) is 19.5 Å². The number of nitrogens with zero attached hydrogens (tertiary/aromatic N) is 4. The zero-order valence-electron chi connectivity index (χ0n) is 14.2. The van der Waals surface area contributed by atoms with Gasteiger partial charge in [0.25, 0.3) is 5.56 Å². The van der Waals surface area contributed by atoms with Crippen LogP contribution in [0.15, 0.2) is 32.8 Å². The first kappa shape index (κ1) is 16.4. The van der Waals surface area contributed by atoms with E-state index in [4.69, 9.17) is 4.98 Å². The largest absolute Gasteiger partial charge is 0.287 e. The van der Waals surface area contributed by atoms with Crippen molar-refractivity contribution >= 4 is 54.9 Å². The van der Waals surface area contributed by atoms with Crippen LogP contribution in [0, 0.1) is 0 Å². The minimum atomic E-state index is 0.106. The van der Waals surface area contributed by atoms with Gasteiger partial charge in [0, 0.05) is 16.8 Å². The van der Waals surface area contributed by atoms with Gasteiger partial charge in [-0.25, -0.2) is 15.0 Å². The van der Waals surface area contributed by atoms with Crippen LogP contribution < -0.4 is 5.56 Å². The van der Waals surface area contributed by atoms with Gasteiger partial charge in [0.05, 0.1) is 5.39 Å². The third kappa shape index (κ3) is 2.51. The molecule has 26 heavy (non-hydrogen) atoms. The molecule has 4 aromatic heterocycles. The molecule has 0 N–H and O–H groups in total. The maximum absolute atomic E-state index is 13.2. The Bertz CT molecular complexity index is 1190. The number of aryl methyl sites for hydroxylation is 2. The fourth-order valence-electron chi connectivity index (χ4n) is 3.49. The van der Waals surface area contributed by atoms with Gasteiger partial charge >= 0.3 is 0 Å². The molecule has 132 valence electrons. The second kappa shape index (κ2) is 6.44. The van der Waals surface area contributed by atoms with E-state index in [2.05, 4.69) is 16.9 Å². The highest BCUT2D eigenvalue weighted by Crippen LogP contribution is 2.37. The lowest BCUT2D eigenvalue weighted by Crippen LogP contribution is -2.23. The molecule has 8 heteroatoms. The van der Waals surface area contributed by atoms with Crippen molar-refractivity contribution < 1.29 is 0 Å². The molecule has 0 aromatic carbocycles. The van der Waals surface area contributed by atoms with Crippen LogP contribution in [0.2, 0.25) is 0 Å². The highest BCUT2D eigenvalue weighted by atomic mass is 32.2. The maximum atomic E-state index is 13.2. The normalized spacial score (nSPS) is 13.7. The molecule has 1 aliphatic rings. The Morgan fingerprint density at radius 3 is 3.08 bits per heavy atom. The molecule has 0 fully saturated rings. The second-order valence-electron chi connectivity index (χ2n) is 6.31. The molecule has 5 nitrogen and oxygen atoms in total. The number of thiophene rings is 2. The topological polar surface area (TPSA) is 60.7 Å². The number of hydrogen-bond acceptors (Lipinski definition) is 7. The lowest BCUT2D eigenvalue weighted by Gasteiger charge is -2.11. The van der Waals surface area contributed by atoms with Crippen molar-refractivity contribution in [2.75, 3.05) is 0 Å². The average molecular weight is 401 g/mol. The van der Waals surface area contributed by atoms with E-state index in [0.29, 0.717) is 6.54 Å². The van der Waals surface area contributed by atoms with Gasteiger partial charge in [-0.1, -0.05) is 6.92 Å². The number of rotatable bonds is 4. The molecule has 0 atom stereocenters. The third-order valence-electron chi connectivity index (χ3n) is 4.65. The first-order valence-corrected chi connectivity index (χ1v) is 11.2. The van der Waals surface area contributed by atoms with Gasteiger partial charge in [-0.2, -0.15) is 0 Å². The summed E-state index contributed by atoms with van der Waals surface area (Å²) in [6.45, 7) is 2.76. The first-order valence-electron chi connectivity index (χ1n) is 8.67. The summed E-state index contributed by atoms with van der Waals surface area (Å²) < 4.78 is 1.83.